The largest absolute Gasteiger partial charge is 0.329 e. The predicted octanol–water partition coefficient (Wildman–Crippen LogP) is 0.565. The summed E-state index contributed by atoms with van der Waals surface area (Å²) >= 11 is 0. The van der Waals surface area contributed by atoms with Gasteiger partial charge in [0.1, 0.15) is 0 Å². The summed E-state index contributed by atoms with van der Waals surface area (Å²) in [5, 5.41) is 0. The molecule has 7 heavy (non-hydrogen) atoms. The highest BCUT2D eigenvalue weighted by Crippen LogP contribution is 1.59. The highest BCUT2D eigenvalue weighted by atomic mass is 14.7. The molecule has 0 aromatic heterocycles. The first-order valence-corrected chi connectivity index (χ1v) is 1.73. The topological polar surface area (TPSA) is 52.0 Å². The summed E-state index contributed by atoms with van der Waals surface area (Å²) in [7, 11) is 0. The van der Waals surface area contributed by atoms with Gasteiger partial charge in [-0.2, -0.15) is 0 Å². The van der Waals surface area contributed by atoms with Crippen LogP contribution in [0.3, 0.4) is 0 Å². The summed E-state index contributed by atoms with van der Waals surface area (Å²) < 4.78 is 0. The highest BCUT2D eigenvalue weighted by molar-refractivity contribution is 4.48. The maximum Gasteiger partial charge on any atom is 0.0134 e. The van der Waals surface area contributed by atoms with Crippen molar-refractivity contribution in [1.82, 2.24) is 0 Å². The van der Waals surface area contributed by atoms with Gasteiger partial charge in [-0.25, -0.2) is 0 Å². The predicted molar refractivity (Wildman–Crippen MR) is 36.2 cm³/mol. The number of nitrogens with two attached hydrogens (primary N) is 2. The first kappa shape index (κ1) is 15.8. The molecule has 0 bridgehead atoms. The molecule has 0 aromatic rings. The fourth-order valence-corrected chi connectivity index (χ4v) is 0. The highest BCUT2D eigenvalue weighted by Gasteiger charge is 1.79. The Bertz CT molecular complexity index is 20.0. The van der Waals surface area contributed by atoms with Crippen molar-refractivity contribution in [1.29, 1.82) is 0 Å². The minimum absolute atomic E-state index is 0. The first-order chi connectivity index (χ1) is 2.27. The molecule has 0 aliphatic heterocycles. The van der Waals surface area contributed by atoms with Crippen molar-refractivity contribution < 1.29 is 0 Å². The Labute approximate surface area is 46.9 Å². The van der Waals surface area contributed by atoms with Crippen molar-refractivity contribution in [2.24, 2.45) is 11.5 Å². The van der Waals surface area contributed by atoms with E-state index in [1.807, 2.05) is 6.92 Å². The SMILES string of the molecule is C.C.C[C@H](N)CN. The minimum atomic E-state index is 0. The third-order valence-corrected chi connectivity index (χ3v) is 0.372. The van der Waals surface area contributed by atoms with E-state index in [1.165, 1.54) is 0 Å². The van der Waals surface area contributed by atoms with Crippen LogP contribution in [0.1, 0.15) is 21.8 Å². The second-order valence-electron chi connectivity index (χ2n) is 1.21. The van der Waals surface area contributed by atoms with Crippen LogP contribution in [-0.4, -0.2) is 12.6 Å². The third-order valence-electron chi connectivity index (χ3n) is 0.372. The van der Waals surface area contributed by atoms with Crippen LogP contribution in [0.2, 0.25) is 0 Å². The molecule has 0 aliphatic rings. The summed E-state index contributed by atoms with van der Waals surface area (Å²) in [6.07, 6.45) is 0. The lowest BCUT2D eigenvalue weighted by Gasteiger charge is -1.92. The van der Waals surface area contributed by atoms with Gasteiger partial charge in [-0.3, -0.25) is 0 Å². The lowest BCUT2D eigenvalue weighted by molar-refractivity contribution is 0.752. The fourth-order valence-electron chi connectivity index (χ4n) is 0. The zero-order valence-corrected chi connectivity index (χ0v) is 3.44. The van der Waals surface area contributed by atoms with E-state index < -0.39 is 0 Å². The molecule has 0 aliphatic carbocycles. The monoisotopic (exact) mass is 106 g/mol. The third kappa shape index (κ3) is 24.7. The molecule has 0 heterocycles. The van der Waals surface area contributed by atoms with Crippen molar-refractivity contribution in [2.45, 2.75) is 27.8 Å². The van der Waals surface area contributed by atoms with Crippen LogP contribution in [0.5, 0.6) is 0 Å². The average molecular weight is 106 g/mol. The van der Waals surface area contributed by atoms with Gasteiger partial charge in [0.25, 0.3) is 0 Å². The molecule has 0 aromatic carbocycles. The summed E-state index contributed by atoms with van der Waals surface area (Å²) in [6.45, 7) is 2.46. The standard InChI is InChI=1S/C3H10N2.2CH4/c1-3(5)2-4;;/h3H,2,4-5H2,1H3;2*1H4/t3-;;/m0../s1. The zero-order valence-electron chi connectivity index (χ0n) is 3.44. The molecule has 2 nitrogen and oxygen atoms in total. The summed E-state index contributed by atoms with van der Waals surface area (Å²) in [5.41, 5.74) is 10.2. The fraction of sp³-hybridized carbons (Fsp3) is 1.00. The van der Waals surface area contributed by atoms with Crippen molar-refractivity contribution in [3.63, 3.8) is 0 Å². The Morgan fingerprint density at radius 1 is 1.43 bits per heavy atom. The van der Waals surface area contributed by atoms with Crippen molar-refractivity contribution in [2.75, 3.05) is 6.54 Å². The zero-order chi connectivity index (χ0) is 4.28. The van der Waals surface area contributed by atoms with Gasteiger partial charge >= 0.3 is 0 Å². The van der Waals surface area contributed by atoms with Gasteiger partial charge in [0.2, 0.25) is 0 Å². The Balaban J connectivity index is -0.0000000800. The van der Waals surface area contributed by atoms with Crippen LogP contribution in [0.15, 0.2) is 0 Å². The molecule has 0 saturated heterocycles. The van der Waals surface area contributed by atoms with Gasteiger partial charge in [-0.15, -0.1) is 0 Å². The van der Waals surface area contributed by atoms with Gasteiger partial charge in [-0.1, -0.05) is 14.9 Å². The molecular formula is C5H18N2. The van der Waals surface area contributed by atoms with E-state index >= 15 is 0 Å². The minimum Gasteiger partial charge on any atom is -0.329 e. The molecular weight excluding hydrogens is 88.1 g/mol. The van der Waals surface area contributed by atoms with Crippen molar-refractivity contribution >= 4 is 0 Å². The van der Waals surface area contributed by atoms with Crippen LogP contribution in [0, 0.1) is 0 Å². The molecule has 0 rings (SSSR count). The normalized spacial score (nSPS) is 10.7. The lowest BCUT2D eigenvalue weighted by atomic mass is 10.4. The molecule has 48 valence electrons. The van der Waals surface area contributed by atoms with Gasteiger partial charge in [0, 0.05) is 12.6 Å². The number of rotatable bonds is 1. The van der Waals surface area contributed by atoms with Crippen LogP contribution in [0.4, 0.5) is 0 Å². The van der Waals surface area contributed by atoms with Gasteiger partial charge in [0.05, 0.1) is 0 Å². The van der Waals surface area contributed by atoms with Crippen LogP contribution >= 0.6 is 0 Å². The molecule has 0 amide bonds. The van der Waals surface area contributed by atoms with E-state index in [4.69, 9.17) is 11.5 Å². The first-order valence-electron chi connectivity index (χ1n) is 1.73. The van der Waals surface area contributed by atoms with Crippen LogP contribution < -0.4 is 11.5 Å². The second kappa shape index (κ2) is 9.33. The van der Waals surface area contributed by atoms with E-state index in [9.17, 15) is 0 Å². The van der Waals surface area contributed by atoms with E-state index in [1.54, 1.807) is 0 Å². The molecule has 0 saturated carbocycles. The summed E-state index contributed by atoms with van der Waals surface area (Å²) in [5.74, 6) is 0. The maximum atomic E-state index is 5.17. The van der Waals surface area contributed by atoms with Crippen molar-refractivity contribution in [3.05, 3.63) is 0 Å². The van der Waals surface area contributed by atoms with E-state index in [-0.39, 0.29) is 20.9 Å². The van der Waals surface area contributed by atoms with Crippen LogP contribution in [-0.2, 0) is 0 Å². The van der Waals surface area contributed by atoms with Crippen LogP contribution in [0.25, 0.3) is 0 Å². The molecule has 2 heteroatoms. The van der Waals surface area contributed by atoms with Gasteiger partial charge < -0.3 is 11.5 Å². The van der Waals surface area contributed by atoms with E-state index in [0.717, 1.165) is 0 Å². The smallest absolute Gasteiger partial charge is 0.0134 e. The van der Waals surface area contributed by atoms with E-state index in [0.29, 0.717) is 6.54 Å². The Kier molecular flexibility index (Phi) is 21.0. The number of hydrogen-bond acceptors (Lipinski definition) is 2. The molecule has 4 N–H and O–H groups in total. The average Bonchev–Trinajstić information content (AvgIpc) is 1.38. The summed E-state index contributed by atoms with van der Waals surface area (Å²) in [6, 6.07) is 0.162. The van der Waals surface area contributed by atoms with Crippen molar-refractivity contribution in [3.8, 4) is 0 Å². The van der Waals surface area contributed by atoms with Gasteiger partial charge in [0.15, 0.2) is 0 Å². The molecule has 0 radical (unpaired) electrons. The Hall–Kier alpha value is -0.0800. The Morgan fingerprint density at radius 2 is 1.57 bits per heavy atom. The lowest BCUT2D eigenvalue weighted by Crippen LogP contribution is -2.25. The molecule has 0 fully saturated rings. The maximum absolute atomic E-state index is 5.17. The summed E-state index contributed by atoms with van der Waals surface area (Å²) in [4.78, 5) is 0. The second-order valence-corrected chi connectivity index (χ2v) is 1.21. The molecule has 0 spiro atoms. The number of hydrogen-bond donors (Lipinski definition) is 2. The molecule has 1 atom stereocenters. The quantitative estimate of drug-likeness (QED) is 0.513. The molecule has 0 unspecified atom stereocenters. The van der Waals surface area contributed by atoms with Gasteiger partial charge in [-0.05, 0) is 6.92 Å². The Morgan fingerprint density at radius 3 is 1.57 bits per heavy atom. The van der Waals surface area contributed by atoms with E-state index in [2.05, 4.69) is 0 Å².